The van der Waals surface area contributed by atoms with Crippen molar-refractivity contribution in [2.45, 2.75) is 18.9 Å². The van der Waals surface area contributed by atoms with E-state index in [9.17, 15) is 4.79 Å². The van der Waals surface area contributed by atoms with Crippen molar-refractivity contribution < 1.29 is 9.53 Å². The van der Waals surface area contributed by atoms with Gasteiger partial charge in [-0.3, -0.25) is 4.90 Å². The van der Waals surface area contributed by atoms with E-state index in [0.29, 0.717) is 18.4 Å². The molecule has 2 heterocycles. The normalized spacial score (nSPS) is 20.4. The van der Waals surface area contributed by atoms with E-state index in [4.69, 9.17) is 4.74 Å². The number of nitrogens with one attached hydrogen (secondary N) is 1. The number of amides is 1. The van der Waals surface area contributed by atoms with Crippen LogP contribution in [0.5, 0.6) is 0 Å². The molecule has 2 aromatic rings. The third-order valence-electron chi connectivity index (χ3n) is 4.19. The number of nitrogens with zero attached hydrogens (tertiary/aromatic N) is 3. The maximum absolute atomic E-state index is 12.2. The molecule has 23 heavy (non-hydrogen) atoms. The minimum atomic E-state index is -0.370. The molecule has 0 unspecified atom stereocenters. The lowest BCUT2D eigenvalue weighted by Gasteiger charge is -2.21. The molecule has 1 aromatic heterocycles. The number of rotatable bonds is 5. The molecule has 2 fully saturated rings. The highest BCUT2D eigenvalue weighted by atomic mass is 16.6. The fourth-order valence-corrected chi connectivity index (χ4v) is 2.72. The minimum absolute atomic E-state index is 0.158. The molecule has 1 aliphatic carbocycles. The Morgan fingerprint density at radius 2 is 2.04 bits per heavy atom. The van der Waals surface area contributed by atoms with Gasteiger partial charge in [-0.05, 0) is 30.4 Å². The highest BCUT2D eigenvalue weighted by Gasteiger charge is 2.36. The summed E-state index contributed by atoms with van der Waals surface area (Å²) in [6.45, 7) is 1.22. The zero-order chi connectivity index (χ0) is 15.6. The summed E-state index contributed by atoms with van der Waals surface area (Å²) in [7, 11) is 0. The molecule has 6 heteroatoms. The molecule has 6 nitrogen and oxygen atoms in total. The predicted octanol–water partition coefficient (Wildman–Crippen LogP) is 3.00. The summed E-state index contributed by atoms with van der Waals surface area (Å²) in [5.41, 5.74) is 1.03. The third kappa shape index (κ3) is 2.97. The molecule has 1 atom stereocenters. The van der Waals surface area contributed by atoms with Crippen LogP contribution in [0.4, 0.5) is 16.6 Å². The van der Waals surface area contributed by atoms with Crippen molar-refractivity contribution in [2.75, 3.05) is 23.4 Å². The Bertz CT molecular complexity index is 703. The van der Waals surface area contributed by atoms with Crippen LogP contribution < -0.4 is 10.2 Å². The predicted molar refractivity (Wildman–Crippen MR) is 86.3 cm³/mol. The molecule has 2 aliphatic rings. The number of hydrogen-bond acceptors (Lipinski definition) is 5. The summed E-state index contributed by atoms with van der Waals surface area (Å²) in [4.78, 5) is 22.5. The second kappa shape index (κ2) is 5.87. The molecular formula is C17H18N4O2. The summed E-state index contributed by atoms with van der Waals surface area (Å²) in [6, 6.07) is 11.4. The van der Waals surface area contributed by atoms with Gasteiger partial charge >= 0.3 is 6.09 Å². The molecule has 118 valence electrons. The lowest BCUT2D eigenvalue weighted by molar-refractivity contribution is 0.179. The van der Waals surface area contributed by atoms with Gasteiger partial charge in [0, 0.05) is 12.7 Å². The van der Waals surface area contributed by atoms with E-state index in [2.05, 4.69) is 15.3 Å². The van der Waals surface area contributed by atoms with Gasteiger partial charge in [-0.15, -0.1) is 0 Å². The largest absolute Gasteiger partial charge is 0.447 e. The Morgan fingerprint density at radius 1 is 1.22 bits per heavy atom. The molecule has 1 aromatic carbocycles. The molecular weight excluding hydrogens is 292 g/mol. The van der Waals surface area contributed by atoms with Gasteiger partial charge in [-0.25, -0.2) is 9.78 Å². The first-order chi connectivity index (χ1) is 11.3. The highest BCUT2D eigenvalue weighted by Crippen LogP contribution is 2.32. The Balaban J connectivity index is 1.59. The van der Waals surface area contributed by atoms with E-state index < -0.39 is 0 Å². The number of ether oxygens (including phenoxy) is 1. The number of carbonyl (C=O) groups excluding carboxylic acids is 1. The van der Waals surface area contributed by atoms with Crippen LogP contribution in [0.2, 0.25) is 0 Å². The van der Waals surface area contributed by atoms with Crippen LogP contribution in [0.3, 0.4) is 0 Å². The van der Waals surface area contributed by atoms with Gasteiger partial charge < -0.3 is 10.1 Å². The SMILES string of the molecule is O=C1OC[C@H](c2ccccc2)N1c1ccnc(NCC2CC2)n1. The molecule has 0 bridgehead atoms. The molecule has 1 amide bonds. The fourth-order valence-electron chi connectivity index (χ4n) is 2.72. The number of aromatic nitrogens is 2. The number of hydrogen-bond donors (Lipinski definition) is 1. The summed E-state index contributed by atoms with van der Waals surface area (Å²) in [6.07, 6.45) is 3.83. The molecule has 0 radical (unpaired) electrons. The zero-order valence-electron chi connectivity index (χ0n) is 12.7. The highest BCUT2D eigenvalue weighted by molar-refractivity contribution is 5.89. The van der Waals surface area contributed by atoms with Crippen molar-refractivity contribution in [2.24, 2.45) is 5.92 Å². The minimum Gasteiger partial charge on any atom is -0.447 e. The summed E-state index contributed by atoms with van der Waals surface area (Å²) < 4.78 is 5.24. The van der Waals surface area contributed by atoms with Crippen LogP contribution in [0.15, 0.2) is 42.6 Å². The van der Waals surface area contributed by atoms with E-state index in [0.717, 1.165) is 18.0 Å². The first-order valence-electron chi connectivity index (χ1n) is 7.89. The van der Waals surface area contributed by atoms with Crippen LogP contribution >= 0.6 is 0 Å². The van der Waals surface area contributed by atoms with Crippen molar-refractivity contribution in [1.82, 2.24) is 9.97 Å². The quantitative estimate of drug-likeness (QED) is 0.919. The second-order valence-corrected chi connectivity index (χ2v) is 5.94. The first-order valence-corrected chi connectivity index (χ1v) is 7.89. The van der Waals surface area contributed by atoms with Gasteiger partial charge in [-0.1, -0.05) is 30.3 Å². The Morgan fingerprint density at radius 3 is 2.83 bits per heavy atom. The van der Waals surface area contributed by atoms with Crippen molar-refractivity contribution in [1.29, 1.82) is 0 Å². The molecule has 1 saturated heterocycles. The van der Waals surface area contributed by atoms with Crippen LogP contribution in [0.25, 0.3) is 0 Å². The van der Waals surface area contributed by atoms with Gasteiger partial charge in [0.1, 0.15) is 18.5 Å². The van der Waals surface area contributed by atoms with Gasteiger partial charge in [0.05, 0.1) is 0 Å². The van der Waals surface area contributed by atoms with Crippen molar-refractivity contribution in [3.8, 4) is 0 Å². The van der Waals surface area contributed by atoms with Gasteiger partial charge in [0.2, 0.25) is 5.95 Å². The van der Waals surface area contributed by atoms with Crippen molar-refractivity contribution >= 4 is 17.9 Å². The summed E-state index contributed by atoms with van der Waals surface area (Å²) in [5.74, 6) is 1.85. The monoisotopic (exact) mass is 310 g/mol. The summed E-state index contributed by atoms with van der Waals surface area (Å²) in [5, 5.41) is 3.24. The first kappa shape index (κ1) is 14.0. The Kier molecular flexibility index (Phi) is 3.57. The maximum Gasteiger partial charge on any atom is 0.416 e. The van der Waals surface area contributed by atoms with Crippen LogP contribution in [0.1, 0.15) is 24.4 Å². The Labute approximate surface area is 134 Å². The number of benzene rings is 1. The molecule has 4 rings (SSSR count). The number of cyclic esters (lactones) is 1. The van der Waals surface area contributed by atoms with E-state index in [1.165, 1.54) is 12.8 Å². The Hall–Kier alpha value is -2.63. The standard InChI is InChI=1S/C17H18N4O2/c22-17-21(14(11-23-17)13-4-2-1-3-5-13)15-8-9-18-16(20-15)19-10-12-6-7-12/h1-5,8-9,12,14H,6-7,10-11H2,(H,18,19,20)/t14-/m1/s1. The van der Waals surface area contributed by atoms with Crippen LogP contribution in [-0.4, -0.2) is 29.2 Å². The van der Waals surface area contributed by atoms with E-state index in [-0.39, 0.29) is 12.1 Å². The molecule has 0 spiro atoms. The number of carbonyl (C=O) groups is 1. The number of anilines is 2. The smallest absolute Gasteiger partial charge is 0.416 e. The molecule has 1 saturated carbocycles. The fraction of sp³-hybridized carbons (Fsp3) is 0.353. The lowest BCUT2D eigenvalue weighted by Crippen LogP contribution is -2.28. The third-order valence-corrected chi connectivity index (χ3v) is 4.19. The van der Waals surface area contributed by atoms with Gasteiger partial charge in [0.25, 0.3) is 0 Å². The van der Waals surface area contributed by atoms with E-state index in [1.807, 2.05) is 30.3 Å². The average Bonchev–Trinajstić information content (AvgIpc) is 3.35. The van der Waals surface area contributed by atoms with Crippen LogP contribution in [0, 0.1) is 5.92 Å². The second-order valence-electron chi connectivity index (χ2n) is 5.94. The summed E-state index contributed by atoms with van der Waals surface area (Å²) >= 11 is 0. The average molecular weight is 310 g/mol. The van der Waals surface area contributed by atoms with E-state index >= 15 is 0 Å². The topological polar surface area (TPSA) is 67.3 Å². The maximum atomic E-state index is 12.2. The van der Waals surface area contributed by atoms with Crippen molar-refractivity contribution in [3.05, 3.63) is 48.2 Å². The van der Waals surface area contributed by atoms with Crippen molar-refractivity contribution in [3.63, 3.8) is 0 Å². The molecule has 1 N–H and O–H groups in total. The van der Waals surface area contributed by atoms with E-state index in [1.54, 1.807) is 17.2 Å². The zero-order valence-corrected chi connectivity index (χ0v) is 12.7. The van der Waals surface area contributed by atoms with Crippen LogP contribution in [-0.2, 0) is 4.74 Å². The van der Waals surface area contributed by atoms with Gasteiger partial charge in [0.15, 0.2) is 0 Å². The lowest BCUT2D eigenvalue weighted by atomic mass is 10.1. The molecule has 1 aliphatic heterocycles. The van der Waals surface area contributed by atoms with Gasteiger partial charge in [-0.2, -0.15) is 4.98 Å².